The third-order valence-electron chi connectivity index (χ3n) is 2.02. The Hall–Kier alpha value is -1.09. The molecule has 0 aliphatic heterocycles. The van der Waals surface area contributed by atoms with Crippen molar-refractivity contribution < 1.29 is 0 Å². The fraction of sp³-hybridized carbons (Fsp3) is 0.500. The molecule has 1 rings (SSSR count). The minimum absolute atomic E-state index is 0.268. The molecule has 0 bridgehead atoms. The van der Waals surface area contributed by atoms with Crippen molar-refractivity contribution in [2.24, 2.45) is 5.73 Å². The molecule has 1 aromatic heterocycles. The first-order valence-electron chi connectivity index (χ1n) is 4.57. The number of pyridine rings is 1. The van der Waals surface area contributed by atoms with E-state index in [1.165, 1.54) is 5.69 Å². The zero-order chi connectivity index (χ0) is 9.68. The van der Waals surface area contributed by atoms with Gasteiger partial charge in [-0.2, -0.15) is 0 Å². The predicted molar refractivity (Wildman–Crippen MR) is 55.8 cm³/mol. The van der Waals surface area contributed by atoms with Crippen LogP contribution >= 0.6 is 0 Å². The minimum atomic E-state index is 0.268. The molecule has 3 nitrogen and oxygen atoms in total. The van der Waals surface area contributed by atoms with Crippen LogP contribution in [-0.4, -0.2) is 24.6 Å². The second-order valence-corrected chi connectivity index (χ2v) is 3.39. The molecule has 0 amide bonds. The van der Waals surface area contributed by atoms with Gasteiger partial charge in [-0.05, 0) is 25.5 Å². The molecule has 0 radical (unpaired) electrons. The summed E-state index contributed by atoms with van der Waals surface area (Å²) in [5.41, 5.74) is 6.87. The van der Waals surface area contributed by atoms with Gasteiger partial charge in [0.25, 0.3) is 0 Å². The molecule has 2 N–H and O–H groups in total. The normalized spacial score (nSPS) is 12.5. The Morgan fingerprint density at radius 3 is 2.62 bits per heavy atom. The van der Waals surface area contributed by atoms with Gasteiger partial charge in [-0.25, -0.2) is 0 Å². The molecule has 72 valence electrons. The number of anilines is 1. The largest absolute Gasteiger partial charge is 0.374 e. The van der Waals surface area contributed by atoms with Crippen LogP contribution < -0.4 is 10.6 Å². The van der Waals surface area contributed by atoms with Crippen molar-refractivity contribution >= 4 is 5.69 Å². The number of hydrogen-bond acceptors (Lipinski definition) is 3. The Morgan fingerprint density at radius 2 is 2.08 bits per heavy atom. The van der Waals surface area contributed by atoms with Gasteiger partial charge in [0.05, 0.1) is 0 Å². The second-order valence-electron chi connectivity index (χ2n) is 3.39. The van der Waals surface area contributed by atoms with Crippen LogP contribution in [0.3, 0.4) is 0 Å². The van der Waals surface area contributed by atoms with Crippen molar-refractivity contribution in [2.75, 3.05) is 18.5 Å². The van der Waals surface area contributed by atoms with E-state index in [0.29, 0.717) is 0 Å². The summed E-state index contributed by atoms with van der Waals surface area (Å²) in [5, 5.41) is 0. The van der Waals surface area contributed by atoms with Crippen molar-refractivity contribution in [1.82, 2.24) is 4.98 Å². The Morgan fingerprint density at radius 1 is 1.46 bits per heavy atom. The summed E-state index contributed by atoms with van der Waals surface area (Å²) < 4.78 is 0. The molecular weight excluding hydrogens is 162 g/mol. The van der Waals surface area contributed by atoms with Crippen LogP contribution in [0.4, 0.5) is 5.69 Å². The van der Waals surface area contributed by atoms with Crippen LogP contribution in [0, 0.1) is 0 Å². The lowest BCUT2D eigenvalue weighted by Crippen LogP contribution is -2.25. The number of nitrogens with zero attached hydrogens (tertiary/aromatic N) is 2. The van der Waals surface area contributed by atoms with Crippen LogP contribution in [0.25, 0.3) is 0 Å². The summed E-state index contributed by atoms with van der Waals surface area (Å²) in [4.78, 5) is 6.16. The molecule has 0 saturated carbocycles. The molecule has 0 aliphatic carbocycles. The SMILES string of the molecule is CC(N)CCN(C)c1ccncc1. The highest BCUT2D eigenvalue weighted by atomic mass is 15.1. The lowest BCUT2D eigenvalue weighted by molar-refractivity contribution is 0.659. The third kappa shape index (κ3) is 3.42. The lowest BCUT2D eigenvalue weighted by atomic mass is 10.2. The van der Waals surface area contributed by atoms with Gasteiger partial charge in [0.1, 0.15) is 0 Å². The van der Waals surface area contributed by atoms with Gasteiger partial charge in [-0.1, -0.05) is 0 Å². The molecule has 1 aromatic rings. The van der Waals surface area contributed by atoms with E-state index in [9.17, 15) is 0 Å². The van der Waals surface area contributed by atoms with Crippen molar-refractivity contribution in [3.05, 3.63) is 24.5 Å². The molecule has 0 aromatic carbocycles. The molecule has 0 saturated heterocycles. The summed E-state index contributed by atoms with van der Waals surface area (Å²) in [6, 6.07) is 4.27. The lowest BCUT2D eigenvalue weighted by Gasteiger charge is -2.19. The topological polar surface area (TPSA) is 42.1 Å². The average Bonchev–Trinajstić information content (AvgIpc) is 2.15. The number of aromatic nitrogens is 1. The van der Waals surface area contributed by atoms with Gasteiger partial charge >= 0.3 is 0 Å². The van der Waals surface area contributed by atoms with Crippen LogP contribution in [0.15, 0.2) is 24.5 Å². The number of nitrogens with two attached hydrogens (primary N) is 1. The van der Waals surface area contributed by atoms with Gasteiger partial charge in [0, 0.05) is 37.7 Å². The average molecular weight is 179 g/mol. The van der Waals surface area contributed by atoms with Gasteiger partial charge in [-0.15, -0.1) is 0 Å². The van der Waals surface area contributed by atoms with Crippen molar-refractivity contribution in [2.45, 2.75) is 19.4 Å². The highest BCUT2D eigenvalue weighted by Gasteiger charge is 2.00. The molecule has 1 atom stereocenters. The molecule has 13 heavy (non-hydrogen) atoms. The van der Waals surface area contributed by atoms with E-state index >= 15 is 0 Å². The Bertz CT molecular complexity index is 233. The number of hydrogen-bond donors (Lipinski definition) is 1. The first-order valence-corrected chi connectivity index (χ1v) is 4.57. The fourth-order valence-electron chi connectivity index (χ4n) is 1.12. The summed E-state index contributed by atoms with van der Waals surface area (Å²) in [5.74, 6) is 0. The molecular formula is C10H17N3. The van der Waals surface area contributed by atoms with Gasteiger partial charge in [-0.3, -0.25) is 4.98 Å². The maximum Gasteiger partial charge on any atom is 0.0394 e. The summed E-state index contributed by atoms with van der Waals surface area (Å²) >= 11 is 0. The molecule has 1 heterocycles. The Labute approximate surface area is 79.6 Å². The smallest absolute Gasteiger partial charge is 0.0394 e. The van der Waals surface area contributed by atoms with E-state index in [1.807, 2.05) is 19.1 Å². The first-order chi connectivity index (χ1) is 6.20. The van der Waals surface area contributed by atoms with Crippen LogP contribution in [0.1, 0.15) is 13.3 Å². The first kappa shape index (κ1) is 9.99. The quantitative estimate of drug-likeness (QED) is 0.756. The highest BCUT2D eigenvalue weighted by molar-refractivity contribution is 5.43. The highest BCUT2D eigenvalue weighted by Crippen LogP contribution is 2.09. The van der Waals surface area contributed by atoms with E-state index in [1.54, 1.807) is 12.4 Å². The zero-order valence-corrected chi connectivity index (χ0v) is 8.27. The van der Waals surface area contributed by atoms with Gasteiger partial charge in [0.2, 0.25) is 0 Å². The summed E-state index contributed by atoms with van der Waals surface area (Å²) in [6.07, 6.45) is 4.62. The Balaban J connectivity index is 2.44. The van der Waals surface area contributed by atoms with Gasteiger partial charge in [0.15, 0.2) is 0 Å². The molecule has 0 aliphatic rings. The molecule has 3 heteroatoms. The van der Waals surface area contributed by atoms with Crippen molar-refractivity contribution in [1.29, 1.82) is 0 Å². The molecule has 0 fully saturated rings. The van der Waals surface area contributed by atoms with E-state index < -0.39 is 0 Å². The van der Waals surface area contributed by atoms with Crippen LogP contribution in [0.2, 0.25) is 0 Å². The van der Waals surface area contributed by atoms with Crippen molar-refractivity contribution in [3.63, 3.8) is 0 Å². The van der Waals surface area contributed by atoms with E-state index in [-0.39, 0.29) is 6.04 Å². The third-order valence-corrected chi connectivity index (χ3v) is 2.02. The maximum absolute atomic E-state index is 5.68. The predicted octanol–water partition coefficient (Wildman–Crippen LogP) is 1.26. The molecule has 1 unspecified atom stereocenters. The molecule has 0 spiro atoms. The summed E-state index contributed by atoms with van der Waals surface area (Å²) in [7, 11) is 2.07. The second kappa shape index (κ2) is 4.82. The maximum atomic E-state index is 5.68. The monoisotopic (exact) mass is 179 g/mol. The summed E-state index contributed by atoms with van der Waals surface area (Å²) in [6.45, 7) is 3.02. The standard InChI is InChI=1S/C10H17N3/c1-9(11)5-8-13(2)10-3-6-12-7-4-10/h3-4,6-7,9H,5,8,11H2,1-2H3. The minimum Gasteiger partial charge on any atom is -0.374 e. The van der Waals surface area contributed by atoms with E-state index in [2.05, 4.69) is 16.9 Å². The van der Waals surface area contributed by atoms with E-state index in [4.69, 9.17) is 5.73 Å². The van der Waals surface area contributed by atoms with Crippen LogP contribution in [-0.2, 0) is 0 Å². The zero-order valence-electron chi connectivity index (χ0n) is 8.27. The number of rotatable bonds is 4. The fourth-order valence-corrected chi connectivity index (χ4v) is 1.12. The van der Waals surface area contributed by atoms with Crippen LogP contribution in [0.5, 0.6) is 0 Å². The Kier molecular flexibility index (Phi) is 3.71. The van der Waals surface area contributed by atoms with Gasteiger partial charge < -0.3 is 10.6 Å². The van der Waals surface area contributed by atoms with Crippen molar-refractivity contribution in [3.8, 4) is 0 Å². The van der Waals surface area contributed by atoms with E-state index in [0.717, 1.165) is 13.0 Å².